The lowest BCUT2D eigenvalue weighted by atomic mass is 10.1. The SMILES string of the molecule is COc1ccccc1NC(N)=NCCc1cc(F)ccc1F. The Balaban J connectivity index is 1.97. The second kappa shape index (κ2) is 7.40. The molecule has 0 saturated heterocycles. The van der Waals surface area contributed by atoms with E-state index in [1.54, 1.807) is 19.2 Å². The maximum Gasteiger partial charge on any atom is 0.193 e. The molecule has 0 aliphatic heterocycles. The number of nitrogens with one attached hydrogen (secondary N) is 1. The fraction of sp³-hybridized carbons (Fsp3) is 0.188. The van der Waals surface area contributed by atoms with E-state index in [9.17, 15) is 8.78 Å². The van der Waals surface area contributed by atoms with Gasteiger partial charge in [-0.25, -0.2) is 8.78 Å². The van der Waals surface area contributed by atoms with Crippen LogP contribution in [-0.4, -0.2) is 19.6 Å². The number of hydrogen-bond acceptors (Lipinski definition) is 2. The van der Waals surface area contributed by atoms with Crippen LogP contribution in [0.25, 0.3) is 0 Å². The van der Waals surface area contributed by atoms with Crippen molar-refractivity contribution in [3.05, 3.63) is 59.7 Å². The van der Waals surface area contributed by atoms with E-state index in [0.717, 1.165) is 18.2 Å². The van der Waals surface area contributed by atoms with Crippen molar-refractivity contribution in [1.82, 2.24) is 0 Å². The van der Waals surface area contributed by atoms with Crippen LogP contribution in [0.3, 0.4) is 0 Å². The molecule has 0 spiro atoms. The van der Waals surface area contributed by atoms with Crippen molar-refractivity contribution < 1.29 is 13.5 Å². The Hall–Kier alpha value is -2.63. The number of ether oxygens (including phenoxy) is 1. The fourth-order valence-electron chi connectivity index (χ4n) is 1.96. The summed E-state index contributed by atoms with van der Waals surface area (Å²) in [5.41, 5.74) is 6.73. The van der Waals surface area contributed by atoms with Gasteiger partial charge in [-0.3, -0.25) is 4.99 Å². The van der Waals surface area contributed by atoms with Gasteiger partial charge >= 0.3 is 0 Å². The molecule has 0 aliphatic rings. The van der Waals surface area contributed by atoms with E-state index < -0.39 is 11.6 Å². The summed E-state index contributed by atoms with van der Waals surface area (Å²) in [7, 11) is 1.56. The van der Waals surface area contributed by atoms with Crippen LogP contribution in [-0.2, 0) is 6.42 Å². The molecule has 0 bridgehead atoms. The molecule has 0 fully saturated rings. The number of anilines is 1. The van der Waals surface area contributed by atoms with Gasteiger partial charge in [0, 0.05) is 6.54 Å². The molecule has 0 aromatic heterocycles. The van der Waals surface area contributed by atoms with Gasteiger partial charge in [0.2, 0.25) is 0 Å². The molecule has 6 heteroatoms. The van der Waals surface area contributed by atoms with E-state index >= 15 is 0 Å². The van der Waals surface area contributed by atoms with Gasteiger partial charge in [-0.2, -0.15) is 0 Å². The number of nitrogens with zero attached hydrogens (tertiary/aromatic N) is 1. The maximum atomic E-state index is 13.5. The number of halogens is 2. The van der Waals surface area contributed by atoms with Crippen molar-refractivity contribution in [2.45, 2.75) is 6.42 Å². The van der Waals surface area contributed by atoms with Crippen LogP contribution in [0.15, 0.2) is 47.5 Å². The van der Waals surface area contributed by atoms with Gasteiger partial charge in [0.1, 0.15) is 17.4 Å². The molecular formula is C16H17F2N3O. The number of rotatable bonds is 5. The lowest BCUT2D eigenvalue weighted by molar-refractivity contribution is 0.417. The Kier molecular flexibility index (Phi) is 5.30. The minimum absolute atomic E-state index is 0.182. The highest BCUT2D eigenvalue weighted by Crippen LogP contribution is 2.22. The van der Waals surface area contributed by atoms with Crippen molar-refractivity contribution in [1.29, 1.82) is 0 Å². The molecule has 0 unspecified atom stereocenters. The Morgan fingerprint density at radius 1 is 1.23 bits per heavy atom. The fourth-order valence-corrected chi connectivity index (χ4v) is 1.96. The molecule has 0 radical (unpaired) electrons. The van der Waals surface area contributed by atoms with Crippen LogP contribution in [0, 0.1) is 11.6 Å². The Morgan fingerprint density at radius 3 is 2.77 bits per heavy atom. The van der Waals surface area contributed by atoms with Gasteiger partial charge in [-0.15, -0.1) is 0 Å². The predicted octanol–water partition coefficient (Wildman–Crippen LogP) is 2.94. The molecule has 116 valence electrons. The molecule has 0 atom stereocenters. The monoisotopic (exact) mass is 305 g/mol. The predicted molar refractivity (Wildman–Crippen MR) is 83.2 cm³/mol. The van der Waals surface area contributed by atoms with E-state index in [-0.39, 0.29) is 24.5 Å². The summed E-state index contributed by atoms with van der Waals surface area (Å²) >= 11 is 0. The highest BCUT2D eigenvalue weighted by molar-refractivity contribution is 5.93. The van der Waals surface area contributed by atoms with Crippen LogP contribution < -0.4 is 15.8 Å². The lowest BCUT2D eigenvalue weighted by Crippen LogP contribution is -2.23. The Morgan fingerprint density at radius 2 is 2.00 bits per heavy atom. The number of guanidine groups is 1. The molecule has 0 saturated carbocycles. The third-order valence-corrected chi connectivity index (χ3v) is 3.04. The summed E-state index contributed by atoms with van der Waals surface area (Å²) < 4.78 is 31.7. The van der Waals surface area contributed by atoms with Crippen LogP contribution in [0.5, 0.6) is 5.75 Å². The van der Waals surface area contributed by atoms with Crippen molar-refractivity contribution in [2.24, 2.45) is 10.7 Å². The van der Waals surface area contributed by atoms with Crippen molar-refractivity contribution in [3.63, 3.8) is 0 Å². The van der Waals surface area contributed by atoms with E-state index in [2.05, 4.69) is 10.3 Å². The molecule has 4 nitrogen and oxygen atoms in total. The number of benzene rings is 2. The summed E-state index contributed by atoms with van der Waals surface area (Å²) in [6, 6.07) is 10.6. The summed E-state index contributed by atoms with van der Waals surface area (Å²) in [6.07, 6.45) is 0.262. The van der Waals surface area contributed by atoms with Gasteiger partial charge in [0.25, 0.3) is 0 Å². The standard InChI is InChI=1S/C16H17F2N3O/c1-22-15-5-3-2-4-14(15)21-16(19)20-9-8-11-10-12(17)6-7-13(11)18/h2-7,10H,8-9H2,1H3,(H3,19,20,21). The highest BCUT2D eigenvalue weighted by atomic mass is 19.1. The Bertz CT molecular complexity index is 674. The van der Waals surface area contributed by atoms with Crippen LogP contribution in [0.1, 0.15) is 5.56 Å². The van der Waals surface area contributed by atoms with E-state index in [1.165, 1.54) is 0 Å². The maximum absolute atomic E-state index is 13.5. The average Bonchev–Trinajstić information content (AvgIpc) is 2.51. The zero-order chi connectivity index (χ0) is 15.9. The molecule has 22 heavy (non-hydrogen) atoms. The molecule has 2 aromatic rings. The van der Waals surface area contributed by atoms with E-state index in [4.69, 9.17) is 10.5 Å². The van der Waals surface area contributed by atoms with E-state index in [0.29, 0.717) is 11.4 Å². The molecule has 0 heterocycles. The van der Waals surface area contributed by atoms with Crippen molar-refractivity contribution >= 4 is 11.6 Å². The lowest BCUT2D eigenvalue weighted by Gasteiger charge is -2.10. The summed E-state index contributed by atoms with van der Waals surface area (Å²) in [5.74, 6) is -0.105. The zero-order valence-corrected chi connectivity index (χ0v) is 12.1. The average molecular weight is 305 g/mol. The number of para-hydroxylation sites is 2. The molecule has 0 amide bonds. The normalized spacial score (nSPS) is 11.3. The van der Waals surface area contributed by atoms with Crippen molar-refractivity contribution in [3.8, 4) is 5.75 Å². The van der Waals surface area contributed by atoms with Crippen LogP contribution >= 0.6 is 0 Å². The largest absolute Gasteiger partial charge is 0.495 e. The van der Waals surface area contributed by atoms with Gasteiger partial charge in [-0.1, -0.05) is 12.1 Å². The van der Waals surface area contributed by atoms with Crippen LogP contribution in [0.4, 0.5) is 14.5 Å². The second-order valence-corrected chi connectivity index (χ2v) is 4.58. The third kappa shape index (κ3) is 4.18. The minimum atomic E-state index is -0.472. The first-order chi connectivity index (χ1) is 10.6. The number of hydrogen-bond donors (Lipinski definition) is 2. The van der Waals surface area contributed by atoms with Crippen molar-refractivity contribution in [2.75, 3.05) is 19.0 Å². The van der Waals surface area contributed by atoms with Gasteiger partial charge in [0.15, 0.2) is 5.96 Å². The zero-order valence-electron chi connectivity index (χ0n) is 12.1. The minimum Gasteiger partial charge on any atom is -0.495 e. The first-order valence-electron chi connectivity index (χ1n) is 6.74. The van der Waals surface area contributed by atoms with Gasteiger partial charge in [0.05, 0.1) is 12.8 Å². The van der Waals surface area contributed by atoms with Crippen LogP contribution in [0.2, 0.25) is 0 Å². The molecule has 2 aromatic carbocycles. The van der Waals surface area contributed by atoms with Gasteiger partial charge in [-0.05, 0) is 42.3 Å². The van der Waals surface area contributed by atoms with Gasteiger partial charge < -0.3 is 15.8 Å². The summed E-state index contributed by atoms with van der Waals surface area (Å²) in [4.78, 5) is 4.10. The molecule has 3 N–H and O–H groups in total. The summed E-state index contributed by atoms with van der Waals surface area (Å²) in [6.45, 7) is 0.244. The number of aliphatic imine (C=N–C) groups is 1. The summed E-state index contributed by atoms with van der Waals surface area (Å²) in [5, 5.41) is 2.91. The first kappa shape index (κ1) is 15.8. The number of nitrogens with two attached hydrogens (primary N) is 1. The Labute approximate surface area is 127 Å². The van der Waals surface area contributed by atoms with E-state index in [1.807, 2.05) is 12.1 Å². The number of methoxy groups -OCH3 is 1. The smallest absolute Gasteiger partial charge is 0.193 e. The molecular weight excluding hydrogens is 288 g/mol. The molecule has 2 rings (SSSR count). The second-order valence-electron chi connectivity index (χ2n) is 4.58. The third-order valence-electron chi connectivity index (χ3n) is 3.04. The highest BCUT2D eigenvalue weighted by Gasteiger charge is 2.04. The topological polar surface area (TPSA) is 59.6 Å². The molecule has 0 aliphatic carbocycles. The first-order valence-corrected chi connectivity index (χ1v) is 6.74. The quantitative estimate of drug-likeness (QED) is 0.659.